The lowest BCUT2D eigenvalue weighted by Crippen LogP contribution is -2.09. The van der Waals surface area contributed by atoms with Crippen molar-refractivity contribution in [1.82, 2.24) is 9.97 Å². The zero-order chi connectivity index (χ0) is 11.4. The number of aromatic nitrogens is 2. The lowest BCUT2D eigenvalue weighted by Gasteiger charge is -2.11. The largest absolute Gasteiger partial charge is 0.440 e. The Bertz CT molecular complexity index is 444. The Kier molecular flexibility index (Phi) is 3.58. The Labute approximate surface area is 98.3 Å². The van der Waals surface area contributed by atoms with E-state index in [9.17, 15) is 0 Å². The van der Waals surface area contributed by atoms with Crippen LogP contribution in [-0.4, -0.2) is 16.5 Å². The molecule has 5 heteroatoms. The smallest absolute Gasteiger partial charge is 0.256 e. The summed E-state index contributed by atoms with van der Waals surface area (Å²) in [5.74, 6) is 0. The summed E-state index contributed by atoms with van der Waals surface area (Å²) in [6.07, 6.45) is 5.17. The van der Waals surface area contributed by atoms with E-state index in [1.54, 1.807) is 18.7 Å². The predicted octanol–water partition coefficient (Wildman–Crippen LogP) is 2.17. The Morgan fingerprint density at radius 1 is 1.44 bits per heavy atom. The summed E-state index contributed by atoms with van der Waals surface area (Å²) < 4.78 is 5.30. The normalized spacial score (nSPS) is 12.6. The van der Waals surface area contributed by atoms with E-state index >= 15 is 0 Å². The van der Waals surface area contributed by atoms with Gasteiger partial charge in [-0.05, 0) is 24.6 Å². The molecule has 2 heterocycles. The van der Waals surface area contributed by atoms with E-state index in [0.29, 0.717) is 11.8 Å². The SMILES string of the molecule is Cc1coc(SC(CN)c2ccncc2)n1. The van der Waals surface area contributed by atoms with E-state index in [4.69, 9.17) is 10.2 Å². The summed E-state index contributed by atoms with van der Waals surface area (Å²) >= 11 is 1.53. The van der Waals surface area contributed by atoms with Gasteiger partial charge in [0.25, 0.3) is 5.22 Å². The van der Waals surface area contributed by atoms with Crippen molar-refractivity contribution in [2.75, 3.05) is 6.54 Å². The zero-order valence-electron chi connectivity index (χ0n) is 8.96. The molecule has 0 saturated carbocycles. The van der Waals surface area contributed by atoms with Crippen LogP contribution in [0.2, 0.25) is 0 Å². The number of thioether (sulfide) groups is 1. The van der Waals surface area contributed by atoms with Gasteiger partial charge in [0.2, 0.25) is 0 Å². The third-order valence-corrected chi connectivity index (χ3v) is 3.27. The minimum atomic E-state index is 0.154. The molecule has 0 bridgehead atoms. The number of pyridine rings is 1. The minimum Gasteiger partial charge on any atom is -0.440 e. The van der Waals surface area contributed by atoms with Gasteiger partial charge in [-0.3, -0.25) is 4.98 Å². The Balaban J connectivity index is 2.12. The molecule has 0 radical (unpaired) electrons. The first-order valence-electron chi connectivity index (χ1n) is 4.98. The third kappa shape index (κ3) is 2.62. The molecule has 16 heavy (non-hydrogen) atoms. The van der Waals surface area contributed by atoms with Gasteiger partial charge in [0.05, 0.1) is 10.9 Å². The first kappa shape index (κ1) is 11.2. The molecule has 4 nitrogen and oxygen atoms in total. The van der Waals surface area contributed by atoms with E-state index < -0.39 is 0 Å². The van der Waals surface area contributed by atoms with Gasteiger partial charge >= 0.3 is 0 Å². The maximum Gasteiger partial charge on any atom is 0.256 e. The molecule has 84 valence electrons. The predicted molar refractivity (Wildman–Crippen MR) is 63.1 cm³/mol. The molecular formula is C11H13N3OS. The zero-order valence-corrected chi connectivity index (χ0v) is 9.78. The fourth-order valence-corrected chi connectivity index (χ4v) is 2.27. The molecule has 0 aliphatic rings. The van der Waals surface area contributed by atoms with E-state index in [1.807, 2.05) is 19.1 Å². The van der Waals surface area contributed by atoms with Crippen LogP contribution in [0.15, 0.2) is 40.4 Å². The number of aryl methyl sites for hydroxylation is 1. The quantitative estimate of drug-likeness (QED) is 0.823. The Morgan fingerprint density at radius 3 is 2.75 bits per heavy atom. The molecule has 0 amide bonds. The van der Waals surface area contributed by atoms with Crippen LogP contribution in [0, 0.1) is 6.92 Å². The van der Waals surface area contributed by atoms with Crippen LogP contribution < -0.4 is 5.73 Å². The van der Waals surface area contributed by atoms with Crippen molar-refractivity contribution in [3.8, 4) is 0 Å². The molecule has 1 atom stereocenters. The van der Waals surface area contributed by atoms with E-state index in [-0.39, 0.29) is 5.25 Å². The lowest BCUT2D eigenvalue weighted by atomic mass is 10.2. The molecule has 0 aromatic carbocycles. The number of hydrogen-bond acceptors (Lipinski definition) is 5. The van der Waals surface area contributed by atoms with Crippen molar-refractivity contribution in [2.24, 2.45) is 5.73 Å². The van der Waals surface area contributed by atoms with E-state index in [0.717, 1.165) is 11.3 Å². The summed E-state index contributed by atoms with van der Waals surface area (Å²) in [6.45, 7) is 2.44. The van der Waals surface area contributed by atoms with Gasteiger partial charge in [0.15, 0.2) is 0 Å². The molecule has 0 fully saturated rings. The number of rotatable bonds is 4. The third-order valence-electron chi connectivity index (χ3n) is 2.13. The highest BCUT2D eigenvalue weighted by atomic mass is 32.2. The summed E-state index contributed by atoms with van der Waals surface area (Å²) in [5, 5.41) is 0.811. The summed E-state index contributed by atoms with van der Waals surface area (Å²) in [4.78, 5) is 8.23. The van der Waals surface area contributed by atoms with Gasteiger partial charge in [0, 0.05) is 18.9 Å². The maximum absolute atomic E-state index is 5.75. The highest BCUT2D eigenvalue weighted by Gasteiger charge is 2.14. The monoisotopic (exact) mass is 235 g/mol. The molecule has 0 spiro atoms. The Hall–Kier alpha value is -1.33. The highest BCUT2D eigenvalue weighted by Crippen LogP contribution is 2.33. The summed E-state index contributed by atoms with van der Waals surface area (Å²) in [5.41, 5.74) is 7.77. The molecule has 2 aromatic rings. The first-order chi connectivity index (χ1) is 7.79. The van der Waals surface area contributed by atoms with Crippen LogP contribution >= 0.6 is 11.8 Å². The highest BCUT2D eigenvalue weighted by molar-refractivity contribution is 7.99. The van der Waals surface area contributed by atoms with E-state index in [2.05, 4.69) is 9.97 Å². The van der Waals surface area contributed by atoms with Crippen molar-refractivity contribution in [3.63, 3.8) is 0 Å². The summed E-state index contributed by atoms with van der Waals surface area (Å²) in [6, 6.07) is 3.92. The topological polar surface area (TPSA) is 64.9 Å². The Morgan fingerprint density at radius 2 is 2.19 bits per heavy atom. The van der Waals surface area contributed by atoms with Crippen molar-refractivity contribution in [1.29, 1.82) is 0 Å². The summed E-state index contributed by atoms with van der Waals surface area (Å²) in [7, 11) is 0. The van der Waals surface area contributed by atoms with Gasteiger partial charge in [-0.25, -0.2) is 4.98 Å². The molecule has 1 unspecified atom stereocenters. The van der Waals surface area contributed by atoms with Crippen molar-refractivity contribution in [3.05, 3.63) is 42.0 Å². The van der Waals surface area contributed by atoms with Crippen LogP contribution in [-0.2, 0) is 0 Å². The molecule has 2 rings (SSSR count). The van der Waals surface area contributed by atoms with Crippen LogP contribution in [0.25, 0.3) is 0 Å². The molecule has 2 N–H and O–H groups in total. The van der Waals surface area contributed by atoms with Gasteiger partial charge in [-0.2, -0.15) is 0 Å². The average Bonchev–Trinajstić information content (AvgIpc) is 2.73. The van der Waals surface area contributed by atoms with Crippen LogP contribution in [0.4, 0.5) is 0 Å². The second-order valence-corrected chi connectivity index (χ2v) is 4.53. The molecule has 0 aliphatic heterocycles. The fourth-order valence-electron chi connectivity index (χ4n) is 1.34. The molecule has 0 aliphatic carbocycles. The fraction of sp³-hybridized carbons (Fsp3) is 0.273. The first-order valence-corrected chi connectivity index (χ1v) is 5.86. The number of hydrogen-bond donors (Lipinski definition) is 1. The van der Waals surface area contributed by atoms with Gasteiger partial charge in [-0.15, -0.1) is 0 Å². The molecular weight excluding hydrogens is 222 g/mol. The lowest BCUT2D eigenvalue weighted by molar-refractivity contribution is 0.453. The van der Waals surface area contributed by atoms with Gasteiger partial charge in [-0.1, -0.05) is 11.8 Å². The number of nitrogens with zero attached hydrogens (tertiary/aromatic N) is 2. The van der Waals surface area contributed by atoms with Crippen LogP contribution in [0.5, 0.6) is 0 Å². The van der Waals surface area contributed by atoms with Gasteiger partial charge < -0.3 is 10.2 Å². The minimum absolute atomic E-state index is 0.154. The van der Waals surface area contributed by atoms with Crippen molar-refractivity contribution < 1.29 is 4.42 Å². The van der Waals surface area contributed by atoms with Crippen molar-refractivity contribution in [2.45, 2.75) is 17.4 Å². The van der Waals surface area contributed by atoms with Crippen LogP contribution in [0.3, 0.4) is 0 Å². The van der Waals surface area contributed by atoms with Gasteiger partial charge in [0.1, 0.15) is 6.26 Å². The second kappa shape index (κ2) is 5.14. The molecule has 2 aromatic heterocycles. The van der Waals surface area contributed by atoms with Crippen molar-refractivity contribution >= 4 is 11.8 Å². The standard InChI is InChI=1S/C11H13N3OS/c1-8-7-15-11(14-8)16-10(6-12)9-2-4-13-5-3-9/h2-5,7,10H,6,12H2,1H3. The number of nitrogens with two attached hydrogens (primary N) is 1. The van der Waals surface area contributed by atoms with E-state index in [1.165, 1.54) is 11.8 Å². The maximum atomic E-state index is 5.75. The molecule has 0 saturated heterocycles. The van der Waals surface area contributed by atoms with Crippen LogP contribution in [0.1, 0.15) is 16.5 Å². The second-order valence-electron chi connectivity index (χ2n) is 3.38. The average molecular weight is 235 g/mol. The number of oxazole rings is 1.